The zero-order valence-electron chi connectivity index (χ0n) is 11.0. The lowest BCUT2D eigenvalue weighted by Crippen LogP contribution is -1.83. The Kier molecular flexibility index (Phi) is 11.6. The number of nitrogens with one attached hydrogen (secondary N) is 1. The molecule has 0 saturated carbocycles. The van der Waals surface area contributed by atoms with E-state index in [0.717, 1.165) is 12.8 Å². The Morgan fingerprint density at radius 1 is 1.00 bits per heavy atom. The molecule has 0 bridgehead atoms. The third-order valence-corrected chi connectivity index (χ3v) is 2.68. The predicted octanol–water partition coefficient (Wildman–Crippen LogP) is 5.28. The van der Waals surface area contributed by atoms with Gasteiger partial charge in [-0.2, -0.15) is 0 Å². The molecule has 1 heteroatoms. The van der Waals surface area contributed by atoms with E-state index in [9.17, 15) is 0 Å². The van der Waals surface area contributed by atoms with Gasteiger partial charge in [0.2, 0.25) is 0 Å². The number of rotatable bonds is 10. The minimum atomic E-state index is 1.08. The molecule has 1 N–H and O–H groups in total. The first-order chi connectivity index (χ1) is 7.85. The Morgan fingerprint density at radius 2 is 1.69 bits per heavy atom. The maximum Gasteiger partial charge on any atom is 0.0180 e. The minimum absolute atomic E-state index is 1.08. The van der Waals surface area contributed by atoms with Crippen molar-refractivity contribution in [1.82, 2.24) is 0 Å². The van der Waals surface area contributed by atoms with Crippen LogP contribution in [0.2, 0.25) is 0 Å². The Morgan fingerprint density at radius 3 is 2.31 bits per heavy atom. The monoisotopic (exact) mass is 221 g/mol. The molecule has 0 spiro atoms. The second kappa shape index (κ2) is 12.2. The predicted molar refractivity (Wildman–Crippen MR) is 74.3 cm³/mol. The summed E-state index contributed by atoms with van der Waals surface area (Å²) in [6.07, 6.45) is 17.9. The summed E-state index contributed by atoms with van der Waals surface area (Å²) in [6.45, 7) is 4.39. The summed E-state index contributed by atoms with van der Waals surface area (Å²) in [4.78, 5) is 0. The second-order valence-electron chi connectivity index (χ2n) is 4.24. The average Bonchev–Trinajstić information content (AvgIpc) is 2.30. The maximum absolute atomic E-state index is 7.10. The lowest BCUT2D eigenvalue weighted by Gasteiger charge is -2.02. The highest BCUT2D eigenvalue weighted by atomic mass is 14.3. The van der Waals surface area contributed by atoms with Gasteiger partial charge >= 0.3 is 0 Å². The average molecular weight is 221 g/mol. The van der Waals surface area contributed by atoms with Crippen LogP contribution in [0.3, 0.4) is 0 Å². The topological polar surface area (TPSA) is 23.9 Å². The van der Waals surface area contributed by atoms with Gasteiger partial charge in [0.15, 0.2) is 0 Å². The van der Waals surface area contributed by atoms with Crippen LogP contribution in [0.5, 0.6) is 0 Å². The molecular weight excluding hydrogens is 194 g/mol. The molecule has 92 valence electrons. The lowest BCUT2D eigenvalue weighted by molar-refractivity contribution is 0.608. The fourth-order valence-electron chi connectivity index (χ4n) is 1.71. The zero-order chi connectivity index (χ0) is 12.1. The Labute approximate surface area is 101 Å². The molecule has 0 aliphatic rings. The molecule has 0 heterocycles. The van der Waals surface area contributed by atoms with Crippen molar-refractivity contribution in [2.24, 2.45) is 0 Å². The van der Waals surface area contributed by atoms with Crippen molar-refractivity contribution in [2.75, 3.05) is 0 Å². The first kappa shape index (κ1) is 15.2. The van der Waals surface area contributed by atoms with E-state index < -0.39 is 0 Å². The van der Waals surface area contributed by atoms with Gasteiger partial charge in [-0.3, -0.25) is 0 Å². The highest BCUT2D eigenvalue weighted by molar-refractivity contribution is 5.69. The largest absolute Gasteiger partial charge is 0.309 e. The summed E-state index contributed by atoms with van der Waals surface area (Å²) in [5, 5.41) is 7.10. The van der Waals surface area contributed by atoms with Crippen molar-refractivity contribution in [2.45, 2.75) is 65.2 Å². The summed E-state index contributed by atoms with van der Waals surface area (Å²) in [5.74, 6) is 0. The van der Waals surface area contributed by atoms with Gasteiger partial charge in [0.25, 0.3) is 0 Å². The third-order valence-electron chi connectivity index (χ3n) is 2.68. The van der Waals surface area contributed by atoms with Crippen molar-refractivity contribution in [3.05, 3.63) is 23.8 Å². The summed E-state index contributed by atoms with van der Waals surface area (Å²) in [5.41, 5.74) is 1.30. The van der Waals surface area contributed by atoms with Crippen LogP contribution in [0.4, 0.5) is 0 Å². The van der Waals surface area contributed by atoms with E-state index in [0.29, 0.717) is 0 Å². The van der Waals surface area contributed by atoms with E-state index in [1.54, 1.807) is 0 Å². The molecule has 16 heavy (non-hydrogen) atoms. The van der Waals surface area contributed by atoms with E-state index in [1.807, 2.05) is 6.08 Å². The molecular formula is C15H27N. The van der Waals surface area contributed by atoms with E-state index in [4.69, 9.17) is 5.41 Å². The first-order valence-electron chi connectivity index (χ1n) is 6.71. The first-order valence-corrected chi connectivity index (χ1v) is 6.71. The van der Waals surface area contributed by atoms with Gasteiger partial charge < -0.3 is 5.41 Å². The molecule has 0 fully saturated rings. The smallest absolute Gasteiger partial charge is 0.0180 e. The summed E-state index contributed by atoms with van der Waals surface area (Å²) < 4.78 is 0. The van der Waals surface area contributed by atoms with E-state index in [-0.39, 0.29) is 0 Å². The zero-order valence-corrected chi connectivity index (χ0v) is 11.0. The molecule has 0 atom stereocenters. The Balaban J connectivity index is 3.65. The minimum Gasteiger partial charge on any atom is -0.309 e. The van der Waals surface area contributed by atoms with Crippen LogP contribution in [0.1, 0.15) is 65.2 Å². The molecule has 0 unspecified atom stereocenters. The summed E-state index contributed by atoms with van der Waals surface area (Å²) in [6, 6.07) is 0. The SMILES string of the molecule is CC/C=C\C(=C/C=N)CCCCCCCC. The molecule has 0 rings (SSSR count). The van der Waals surface area contributed by atoms with Gasteiger partial charge in [0.05, 0.1) is 0 Å². The van der Waals surface area contributed by atoms with Crippen molar-refractivity contribution in [3.63, 3.8) is 0 Å². The maximum atomic E-state index is 7.10. The van der Waals surface area contributed by atoms with Crippen molar-refractivity contribution >= 4 is 6.21 Å². The molecule has 0 saturated heterocycles. The number of hydrogen-bond donors (Lipinski definition) is 1. The Hall–Kier alpha value is -0.850. The highest BCUT2D eigenvalue weighted by Crippen LogP contribution is 2.12. The highest BCUT2D eigenvalue weighted by Gasteiger charge is 1.93. The van der Waals surface area contributed by atoms with Crippen molar-refractivity contribution in [3.8, 4) is 0 Å². The van der Waals surface area contributed by atoms with E-state index in [1.165, 1.54) is 50.3 Å². The van der Waals surface area contributed by atoms with Crippen LogP contribution in [0.15, 0.2) is 23.8 Å². The van der Waals surface area contributed by atoms with Crippen LogP contribution in [-0.2, 0) is 0 Å². The third kappa shape index (κ3) is 9.70. The number of hydrogen-bond acceptors (Lipinski definition) is 1. The van der Waals surface area contributed by atoms with Crippen molar-refractivity contribution < 1.29 is 0 Å². The Bertz CT molecular complexity index is 213. The van der Waals surface area contributed by atoms with Crippen molar-refractivity contribution in [1.29, 1.82) is 5.41 Å². The molecule has 0 aliphatic carbocycles. The van der Waals surface area contributed by atoms with E-state index in [2.05, 4.69) is 26.0 Å². The number of allylic oxidation sites excluding steroid dienone is 4. The van der Waals surface area contributed by atoms with Gasteiger partial charge in [0.1, 0.15) is 0 Å². The molecule has 0 aromatic rings. The normalized spacial score (nSPS) is 12.2. The summed E-state index contributed by atoms with van der Waals surface area (Å²) in [7, 11) is 0. The van der Waals surface area contributed by atoms with Crippen LogP contribution < -0.4 is 0 Å². The molecule has 0 aliphatic heterocycles. The summed E-state index contributed by atoms with van der Waals surface area (Å²) >= 11 is 0. The lowest BCUT2D eigenvalue weighted by atomic mass is 10.0. The van der Waals surface area contributed by atoms with Gasteiger partial charge in [-0.05, 0) is 30.9 Å². The van der Waals surface area contributed by atoms with Crippen LogP contribution in [-0.4, -0.2) is 6.21 Å². The second-order valence-corrected chi connectivity index (χ2v) is 4.24. The molecule has 1 nitrogen and oxygen atoms in total. The van der Waals surface area contributed by atoms with Gasteiger partial charge in [-0.15, -0.1) is 0 Å². The standard InChI is InChI=1S/C15H27N/c1-3-5-7-8-9-10-12-15(13-14-16)11-6-4-2/h6,11,13-14,16H,3-5,7-10,12H2,1-2H3/b11-6-,15-13+,16-14?. The van der Waals surface area contributed by atoms with Gasteiger partial charge in [-0.1, -0.05) is 58.1 Å². The van der Waals surface area contributed by atoms with Gasteiger partial charge in [-0.25, -0.2) is 0 Å². The quantitative estimate of drug-likeness (QED) is 0.295. The number of unbranched alkanes of at least 4 members (excludes halogenated alkanes) is 5. The van der Waals surface area contributed by atoms with Crippen LogP contribution in [0, 0.1) is 5.41 Å². The molecule has 0 radical (unpaired) electrons. The van der Waals surface area contributed by atoms with Gasteiger partial charge in [0, 0.05) is 6.21 Å². The van der Waals surface area contributed by atoms with E-state index >= 15 is 0 Å². The van der Waals surface area contributed by atoms with Crippen LogP contribution >= 0.6 is 0 Å². The molecule has 0 amide bonds. The fraction of sp³-hybridized carbons (Fsp3) is 0.667. The van der Waals surface area contributed by atoms with Crippen LogP contribution in [0.25, 0.3) is 0 Å². The molecule has 0 aromatic carbocycles. The molecule has 0 aromatic heterocycles. The fourth-order valence-corrected chi connectivity index (χ4v) is 1.71.